The smallest absolute Gasteiger partial charge is 0.0663 e. The van der Waals surface area contributed by atoms with E-state index in [1.165, 1.54) is 22.3 Å². The number of benzene rings is 2. The average Bonchev–Trinajstić information content (AvgIpc) is 2.67. The molecule has 0 unspecified atom stereocenters. The summed E-state index contributed by atoms with van der Waals surface area (Å²) < 4.78 is 0. The number of hydrogen-bond acceptors (Lipinski definition) is 2. The molecule has 0 aliphatic heterocycles. The quantitative estimate of drug-likeness (QED) is 0.344. The first-order valence-corrected chi connectivity index (χ1v) is 12.0. The van der Waals surface area contributed by atoms with E-state index in [-0.39, 0.29) is 0 Å². The Balaban J connectivity index is 2.32. The Morgan fingerprint density at radius 1 is 0.613 bits per heavy atom. The van der Waals surface area contributed by atoms with E-state index in [1.807, 2.05) is 0 Å². The number of rotatable bonds is 10. The first-order chi connectivity index (χ1) is 14.7. The molecule has 31 heavy (non-hydrogen) atoms. The minimum Gasteiger partial charge on any atom is -0.261 e. The summed E-state index contributed by atoms with van der Waals surface area (Å²) in [4.78, 5) is 9.67. The van der Waals surface area contributed by atoms with Gasteiger partial charge in [0.1, 0.15) is 0 Å². The summed E-state index contributed by atoms with van der Waals surface area (Å²) in [5.41, 5.74) is 7.46. The van der Waals surface area contributed by atoms with E-state index in [4.69, 9.17) is 9.98 Å². The molecule has 2 aromatic rings. The SMILES string of the molecule is CC(C)C/C=N\c1cc(Cc2ccc(C(C)C)c(/N=C\CC(C)C)c2)ccc1C(C)C. The van der Waals surface area contributed by atoms with Gasteiger partial charge in [-0.3, -0.25) is 9.98 Å². The lowest BCUT2D eigenvalue weighted by Crippen LogP contribution is -1.95. The molecule has 0 radical (unpaired) electrons. The zero-order chi connectivity index (χ0) is 23.0. The zero-order valence-corrected chi connectivity index (χ0v) is 20.9. The van der Waals surface area contributed by atoms with Crippen molar-refractivity contribution in [2.45, 2.75) is 86.5 Å². The normalized spacial score (nSPS) is 12.5. The van der Waals surface area contributed by atoms with Crippen LogP contribution in [0.2, 0.25) is 0 Å². The molecule has 0 saturated carbocycles. The van der Waals surface area contributed by atoms with Gasteiger partial charge in [0, 0.05) is 12.4 Å². The molecule has 2 nitrogen and oxygen atoms in total. The van der Waals surface area contributed by atoms with E-state index in [0.29, 0.717) is 23.7 Å². The third-order valence-corrected chi connectivity index (χ3v) is 5.46. The number of aliphatic imine (C=N–C) groups is 2. The third-order valence-electron chi connectivity index (χ3n) is 5.46. The summed E-state index contributed by atoms with van der Waals surface area (Å²) in [5, 5.41) is 0. The minimum atomic E-state index is 0.465. The molecule has 0 spiro atoms. The van der Waals surface area contributed by atoms with Crippen LogP contribution in [0.3, 0.4) is 0 Å². The van der Waals surface area contributed by atoms with Gasteiger partial charge in [-0.05, 0) is 77.3 Å². The van der Waals surface area contributed by atoms with Crippen molar-refractivity contribution in [2.24, 2.45) is 21.8 Å². The number of nitrogens with zero attached hydrogens (tertiary/aromatic N) is 2. The van der Waals surface area contributed by atoms with Crippen molar-refractivity contribution in [1.29, 1.82) is 0 Å². The molecule has 168 valence electrons. The summed E-state index contributed by atoms with van der Waals surface area (Å²) in [6.07, 6.45) is 7.08. The Morgan fingerprint density at radius 3 is 1.32 bits per heavy atom. The van der Waals surface area contributed by atoms with E-state index in [9.17, 15) is 0 Å². The van der Waals surface area contributed by atoms with Crippen LogP contribution in [-0.2, 0) is 6.42 Å². The van der Waals surface area contributed by atoms with Crippen molar-refractivity contribution >= 4 is 23.8 Å². The van der Waals surface area contributed by atoms with Gasteiger partial charge in [-0.15, -0.1) is 0 Å². The highest BCUT2D eigenvalue weighted by molar-refractivity contribution is 5.67. The van der Waals surface area contributed by atoms with Gasteiger partial charge in [-0.25, -0.2) is 0 Å². The molecule has 2 heteroatoms. The van der Waals surface area contributed by atoms with Crippen molar-refractivity contribution in [3.63, 3.8) is 0 Å². The third kappa shape index (κ3) is 8.09. The summed E-state index contributed by atoms with van der Waals surface area (Å²) in [7, 11) is 0. The fourth-order valence-electron chi connectivity index (χ4n) is 3.56. The fourth-order valence-corrected chi connectivity index (χ4v) is 3.56. The van der Waals surface area contributed by atoms with Crippen LogP contribution in [0, 0.1) is 11.8 Å². The van der Waals surface area contributed by atoms with Crippen molar-refractivity contribution in [3.8, 4) is 0 Å². The highest BCUT2D eigenvalue weighted by Crippen LogP contribution is 2.31. The van der Waals surface area contributed by atoms with E-state index in [1.54, 1.807) is 0 Å². The standard InChI is InChI=1S/C29H42N2/c1-20(2)13-15-30-28-18-24(9-11-26(28)22(5)6)17-25-10-12-27(23(7)8)29(19-25)31-16-14-21(3)4/h9-12,15-16,18-23H,13-14,17H2,1-8H3/b30-15-,31-16-. The highest BCUT2D eigenvalue weighted by atomic mass is 14.7. The lowest BCUT2D eigenvalue weighted by atomic mass is 9.94. The number of hydrogen-bond donors (Lipinski definition) is 0. The zero-order valence-electron chi connectivity index (χ0n) is 20.9. The molecule has 0 fully saturated rings. The van der Waals surface area contributed by atoms with Crippen LogP contribution in [0.4, 0.5) is 11.4 Å². The van der Waals surface area contributed by atoms with Crippen molar-refractivity contribution in [2.75, 3.05) is 0 Å². The van der Waals surface area contributed by atoms with Crippen LogP contribution in [0.25, 0.3) is 0 Å². The van der Waals surface area contributed by atoms with Crippen molar-refractivity contribution in [1.82, 2.24) is 0 Å². The first-order valence-electron chi connectivity index (χ1n) is 12.0. The summed E-state index contributed by atoms with van der Waals surface area (Å²) in [6, 6.07) is 13.6. The topological polar surface area (TPSA) is 24.7 Å². The Bertz CT molecular complexity index is 812. The second-order valence-electron chi connectivity index (χ2n) is 10.2. The second-order valence-corrected chi connectivity index (χ2v) is 10.2. The van der Waals surface area contributed by atoms with Gasteiger partial charge in [0.15, 0.2) is 0 Å². The predicted octanol–water partition coefficient (Wildman–Crippen LogP) is 9.02. The molecular formula is C29H42N2. The monoisotopic (exact) mass is 418 g/mol. The molecule has 0 heterocycles. The molecule has 0 bridgehead atoms. The van der Waals surface area contributed by atoms with Gasteiger partial charge >= 0.3 is 0 Å². The van der Waals surface area contributed by atoms with Gasteiger partial charge in [-0.2, -0.15) is 0 Å². The van der Waals surface area contributed by atoms with E-state index < -0.39 is 0 Å². The van der Waals surface area contributed by atoms with Crippen LogP contribution in [0.15, 0.2) is 46.4 Å². The summed E-state index contributed by atoms with van der Waals surface area (Å²) in [5.74, 6) is 2.19. The second kappa shape index (κ2) is 12.0. The molecule has 0 amide bonds. The molecule has 0 aliphatic rings. The fraction of sp³-hybridized carbons (Fsp3) is 0.517. The van der Waals surface area contributed by atoms with Crippen LogP contribution in [-0.4, -0.2) is 12.4 Å². The Kier molecular flexibility index (Phi) is 9.68. The highest BCUT2D eigenvalue weighted by Gasteiger charge is 2.10. The predicted molar refractivity (Wildman–Crippen MR) is 139 cm³/mol. The maximum Gasteiger partial charge on any atom is 0.0663 e. The van der Waals surface area contributed by atoms with E-state index >= 15 is 0 Å². The molecule has 2 aromatic carbocycles. The molecular weight excluding hydrogens is 376 g/mol. The van der Waals surface area contributed by atoms with Gasteiger partial charge in [-0.1, -0.05) is 79.7 Å². The summed E-state index contributed by atoms with van der Waals surface area (Å²) in [6.45, 7) is 17.9. The van der Waals surface area contributed by atoms with Crippen LogP contribution < -0.4 is 0 Å². The van der Waals surface area contributed by atoms with E-state index in [2.05, 4.69) is 104 Å². The Labute approximate surface area is 190 Å². The van der Waals surface area contributed by atoms with Gasteiger partial charge < -0.3 is 0 Å². The molecule has 0 N–H and O–H groups in total. The van der Waals surface area contributed by atoms with Crippen molar-refractivity contribution < 1.29 is 0 Å². The lowest BCUT2D eigenvalue weighted by Gasteiger charge is -2.14. The van der Waals surface area contributed by atoms with Gasteiger partial charge in [0.05, 0.1) is 11.4 Å². The Hall–Kier alpha value is -2.22. The molecule has 0 saturated heterocycles. The average molecular weight is 419 g/mol. The first kappa shape index (κ1) is 25.0. The molecule has 0 atom stereocenters. The van der Waals surface area contributed by atoms with Crippen molar-refractivity contribution in [3.05, 3.63) is 58.7 Å². The Morgan fingerprint density at radius 2 is 1.00 bits per heavy atom. The van der Waals surface area contributed by atoms with E-state index in [0.717, 1.165) is 30.6 Å². The minimum absolute atomic E-state index is 0.465. The molecule has 0 aliphatic carbocycles. The maximum atomic E-state index is 4.83. The maximum absolute atomic E-state index is 4.83. The molecule has 0 aromatic heterocycles. The van der Waals surface area contributed by atoms with Crippen LogP contribution in [0.1, 0.15) is 102 Å². The van der Waals surface area contributed by atoms with Gasteiger partial charge in [0.2, 0.25) is 0 Å². The van der Waals surface area contributed by atoms with Gasteiger partial charge in [0.25, 0.3) is 0 Å². The largest absolute Gasteiger partial charge is 0.261 e. The summed E-state index contributed by atoms with van der Waals surface area (Å²) >= 11 is 0. The molecule has 2 rings (SSSR count). The van der Waals surface area contributed by atoms with Crippen LogP contribution in [0.5, 0.6) is 0 Å². The van der Waals surface area contributed by atoms with Crippen LogP contribution >= 0.6 is 0 Å². The lowest BCUT2D eigenvalue weighted by molar-refractivity contribution is 0.690.